The Morgan fingerprint density at radius 2 is 1.92 bits per heavy atom. The van der Waals surface area contributed by atoms with Crippen LogP contribution in [0.25, 0.3) is 0 Å². The average molecular weight is 182 g/mol. The molecule has 2 heteroatoms. The molecule has 0 amide bonds. The zero-order valence-electron chi connectivity index (χ0n) is 9.30. The Bertz CT molecular complexity index is 185. The molecule has 76 valence electrons. The fourth-order valence-electron chi connectivity index (χ4n) is 2.12. The van der Waals surface area contributed by atoms with Gasteiger partial charge in [-0.15, -0.1) is 0 Å². The van der Waals surface area contributed by atoms with E-state index < -0.39 is 0 Å². The molecule has 2 nitrogen and oxygen atoms in total. The number of nitrogens with zero attached hydrogens (tertiary/aromatic N) is 1. The maximum Gasteiger partial charge on any atom is 0.0986 e. The van der Waals surface area contributed by atoms with Gasteiger partial charge < -0.3 is 4.90 Å². The van der Waals surface area contributed by atoms with E-state index in [1.165, 1.54) is 12.8 Å². The number of likely N-dealkylation sites (tertiary alicyclic amines) is 1. The summed E-state index contributed by atoms with van der Waals surface area (Å²) in [7, 11) is 0. The number of hydrogen-bond acceptors (Lipinski definition) is 1. The first-order valence-electron chi connectivity index (χ1n) is 5.39. The number of rotatable bonds is 2. The molecular formula is C11H22N2. The lowest BCUT2D eigenvalue weighted by molar-refractivity contribution is 0.297. The third-order valence-electron chi connectivity index (χ3n) is 2.93. The van der Waals surface area contributed by atoms with Crippen molar-refractivity contribution in [1.29, 1.82) is 5.41 Å². The molecule has 1 aliphatic heterocycles. The van der Waals surface area contributed by atoms with Crippen LogP contribution in [-0.4, -0.2) is 23.3 Å². The highest BCUT2D eigenvalue weighted by Gasteiger charge is 2.29. The van der Waals surface area contributed by atoms with Crippen molar-refractivity contribution in [2.24, 2.45) is 11.8 Å². The molecular weight excluding hydrogens is 160 g/mol. The summed E-state index contributed by atoms with van der Waals surface area (Å²) in [5, 5.41) is 7.99. The minimum absolute atomic E-state index is 0.374. The van der Waals surface area contributed by atoms with Crippen molar-refractivity contribution in [3.8, 4) is 0 Å². The SMILES string of the molecule is CC(C)C(=N)N1CCCC1C(C)C. The van der Waals surface area contributed by atoms with Crippen molar-refractivity contribution in [2.75, 3.05) is 6.54 Å². The summed E-state index contributed by atoms with van der Waals surface area (Å²) < 4.78 is 0. The minimum atomic E-state index is 0.374. The Labute approximate surface area is 81.8 Å². The van der Waals surface area contributed by atoms with E-state index in [1.54, 1.807) is 0 Å². The molecule has 0 aromatic heterocycles. The second kappa shape index (κ2) is 4.12. The van der Waals surface area contributed by atoms with Gasteiger partial charge in [-0.3, -0.25) is 5.41 Å². The van der Waals surface area contributed by atoms with Crippen LogP contribution in [0.1, 0.15) is 40.5 Å². The predicted octanol–water partition coefficient (Wildman–Crippen LogP) is 2.74. The highest BCUT2D eigenvalue weighted by atomic mass is 15.2. The van der Waals surface area contributed by atoms with E-state index in [1.807, 2.05) is 0 Å². The number of amidine groups is 1. The summed E-state index contributed by atoms with van der Waals surface area (Å²) in [6, 6.07) is 0.620. The fraction of sp³-hybridized carbons (Fsp3) is 0.909. The molecule has 1 fully saturated rings. The predicted molar refractivity (Wildman–Crippen MR) is 57.1 cm³/mol. The van der Waals surface area contributed by atoms with Crippen LogP contribution < -0.4 is 0 Å². The molecule has 0 aromatic carbocycles. The van der Waals surface area contributed by atoms with Gasteiger partial charge in [-0.1, -0.05) is 27.7 Å². The fourth-order valence-corrected chi connectivity index (χ4v) is 2.12. The smallest absolute Gasteiger partial charge is 0.0986 e. The topological polar surface area (TPSA) is 27.1 Å². The minimum Gasteiger partial charge on any atom is -0.357 e. The maximum atomic E-state index is 7.99. The molecule has 0 aromatic rings. The van der Waals surface area contributed by atoms with Crippen molar-refractivity contribution in [3.05, 3.63) is 0 Å². The molecule has 0 bridgehead atoms. The first kappa shape index (κ1) is 10.6. The molecule has 1 rings (SSSR count). The molecule has 0 radical (unpaired) electrons. The molecule has 1 unspecified atom stereocenters. The van der Waals surface area contributed by atoms with Crippen LogP contribution in [0.2, 0.25) is 0 Å². The highest BCUT2D eigenvalue weighted by Crippen LogP contribution is 2.25. The van der Waals surface area contributed by atoms with Gasteiger partial charge in [0.25, 0.3) is 0 Å². The van der Waals surface area contributed by atoms with Crippen molar-refractivity contribution < 1.29 is 0 Å². The van der Waals surface area contributed by atoms with Crippen molar-refractivity contribution in [1.82, 2.24) is 4.90 Å². The zero-order chi connectivity index (χ0) is 10.0. The molecule has 0 spiro atoms. The zero-order valence-corrected chi connectivity index (χ0v) is 9.30. The summed E-state index contributed by atoms with van der Waals surface area (Å²) in [5.41, 5.74) is 0. The Morgan fingerprint density at radius 1 is 1.31 bits per heavy atom. The van der Waals surface area contributed by atoms with E-state index in [9.17, 15) is 0 Å². The molecule has 1 N–H and O–H groups in total. The Hall–Kier alpha value is -0.530. The Kier molecular flexibility index (Phi) is 3.34. The van der Waals surface area contributed by atoms with E-state index in [2.05, 4.69) is 32.6 Å². The summed E-state index contributed by atoms with van der Waals surface area (Å²) in [5.74, 6) is 1.89. The molecule has 1 atom stereocenters. The van der Waals surface area contributed by atoms with Crippen LogP contribution in [0.4, 0.5) is 0 Å². The monoisotopic (exact) mass is 182 g/mol. The van der Waals surface area contributed by atoms with Crippen LogP contribution >= 0.6 is 0 Å². The van der Waals surface area contributed by atoms with Crippen molar-refractivity contribution in [3.63, 3.8) is 0 Å². The molecule has 13 heavy (non-hydrogen) atoms. The molecule has 0 saturated carbocycles. The van der Waals surface area contributed by atoms with Gasteiger partial charge in [-0.2, -0.15) is 0 Å². The van der Waals surface area contributed by atoms with E-state index in [-0.39, 0.29) is 0 Å². The van der Waals surface area contributed by atoms with Gasteiger partial charge in [0.2, 0.25) is 0 Å². The summed E-state index contributed by atoms with van der Waals surface area (Å²) in [6.45, 7) is 9.84. The third kappa shape index (κ3) is 2.23. The first-order chi connectivity index (χ1) is 6.04. The van der Waals surface area contributed by atoms with Crippen LogP contribution in [-0.2, 0) is 0 Å². The summed E-state index contributed by atoms with van der Waals surface area (Å²) >= 11 is 0. The summed E-state index contributed by atoms with van der Waals surface area (Å²) in [6.07, 6.45) is 2.53. The van der Waals surface area contributed by atoms with Crippen LogP contribution in [0, 0.1) is 17.2 Å². The molecule has 1 heterocycles. The largest absolute Gasteiger partial charge is 0.357 e. The van der Waals surface area contributed by atoms with Gasteiger partial charge in [0.15, 0.2) is 0 Å². The van der Waals surface area contributed by atoms with Gasteiger partial charge in [0.1, 0.15) is 0 Å². The van der Waals surface area contributed by atoms with Gasteiger partial charge in [-0.25, -0.2) is 0 Å². The molecule has 1 saturated heterocycles. The van der Waals surface area contributed by atoms with E-state index in [4.69, 9.17) is 5.41 Å². The second-order valence-corrected chi connectivity index (χ2v) is 4.69. The lowest BCUT2D eigenvalue weighted by Crippen LogP contribution is -2.40. The Balaban J connectivity index is 2.63. The lowest BCUT2D eigenvalue weighted by Gasteiger charge is -2.31. The lowest BCUT2D eigenvalue weighted by atomic mass is 10.0. The van der Waals surface area contributed by atoms with Crippen molar-refractivity contribution in [2.45, 2.75) is 46.6 Å². The first-order valence-corrected chi connectivity index (χ1v) is 5.39. The Morgan fingerprint density at radius 3 is 2.38 bits per heavy atom. The van der Waals surface area contributed by atoms with Gasteiger partial charge >= 0.3 is 0 Å². The quantitative estimate of drug-likeness (QED) is 0.516. The average Bonchev–Trinajstić information content (AvgIpc) is 2.50. The van der Waals surface area contributed by atoms with Crippen LogP contribution in [0.15, 0.2) is 0 Å². The van der Waals surface area contributed by atoms with Gasteiger partial charge in [0.05, 0.1) is 5.84 Å². The standard InChI is InChI=1S/C11H22N2/c1-8(2)10-6-5-7-13(10)11(12)9(3)4/h8-10,12H,5-7H2,1-4H3. The third-order valence-corrected chi connectivity index (χ3v) is 2.93. The molecule has 1 aliphatic rings. The number of nitrogens with one attached hydrogen (secondary N) is 1. The highest BCUT2D eigenvalue weighted by molar-refractivity contribution is 5.81. The van der Waals surface area contributed by atoms with Gasteiger partial charge in [0, 0.05) is 18.5 Å². The van der Waals surface area contributed by atoms with Crippen LogP contribution in [0.3, 0.4) is 0 Å². The van der Waals surface area contributed by atoms with Gasteiger partial charge in [-0.05, 0) is 18.8 Å². The van der Waals surface area contributed by atoms with Crippen molar-refractivity contribution >= 4 is 5.84 Å². The normalized spacial score (nSPS) is 23.2. The summed E-state index contributed by atoms with van der Waals surface area (Å²) in [4.78, 5) is 2.30. The van der Waals surface area contributed by atoms with Crippen LogP contribution in [0.5, 0.6) is 0 Å². The van der Waals surface area contributed by atoms with E-state index in [0.717, 1.165) is 12.4 Å². The number of hydrogen-bond donors (Lipinski definition) is 1. The molecule has 0 aliphatic carbocycles. The maximum absolute atomic E-state index is 7.99. The van der Waals surface area contributed by atoms with E-state index >= 15 is 0 Å². The second-order valence-electron chi connectivity index (χ2n) is 4.69. The van der Waals surface area contributed by atoms with E-state index in [0.29, 0.717) is 17.9 Å².